The molecule has 2 aromatic carbocycles. The van der Waals surface area contributed by atoms with E-state index in [4.69, 9.17) is 5.73 Å². The molecule has 3 N–H and O–H groups in total. The molecule has 106 valence electrons. The van der Waals surface area contributed by atoms with Gasteiger partial charge >= 0.3 is 0 Å². The zero-order chi connectivity index (χ0) is 14.9. The highest BCUT2D eigenvalue weighted by Crippen LogP contribution is 2.25. The monoisotopic (exact) mass is 294 g/mol. The Labute approximate surface area is 117 Å². The number of sulfonamides is 1. The van der Waals surface area contributed by atoms with E-state index < -0.39 is 15.8 Å². The molecule has 0 atom stereocenters. The van der Waals surface area contributed by atoms with Crippen molar-refractivity contribution in [1.29, 1.82) is 0 Å². The van der Waals surface area contributed by atoms with E-state index in [1.165, 1.54) is 24.3 Å². The van der Waals surface area contributed by atoms with Crippen molar-refractivity contribution in [3.63, 3.8) is 0 Å². The summed E-state index contributed by atoms with van der Waals surface area (Å²) in [4.78, 5) is 0.0965. The number of hydrogen-bond donors (Lipinski definition) is 2. The second kappa shape index (κ2) is 5.13. The Kier molecular flexibility index (Phi) is 3.67. The van der Waals surface area contributed by atoms with E-state index in [-0.39, 0.29) is 10.6 Å². The predicted molar refractivity (Wildman–Crippen MR) is 77.5 cm³/mol. The average molecular weight is 294 g/mol. The topological polar surface area (TPSA) is 72.2 Å². The largest absolute Gasteiger partial charge is 0.398 e. The number of aryl methyl sites for hydroxylation is 1. The van der Waals surface area contributed by atoms with Gasteiger partial charge in [0, 0.05) is 5.69 Å². The number of nitrogens with two attached hydrogens (primary N) is 1. The summed E-state index contributed by atoms with van der Waals surface area (Å²) < 4.78 is 40.1. The summed E-state index contributed by atoms with van der Waals surface area (Å²) in [5, 5.41) is 0. The molecule has 0 heterocycles. The molecular weight excluding hydrogens is 279 g/mol. The van der Waals surface area contributed by atoms with Gasteiger partial charge in [-0.3, -0.25) is 4.72 Å². The number of rotatable bonds is 3. The molecule has 2 rings (SSSR count). The standard InChI is InChI=1S/C14H15FN2O2S/c1-9-6-13(16)10(2)14(7-9)20(18,19)17-12-5-3-4-11(15)8-12/h3-8,17H,16H2,1-2H3. The molecule has 0 saturated heterocycles. The molecule has 0 unspecified atom stereocenters. The summed E-state index contributed by atoms with van der Waals surface area (Å²) in [6.07, 6.45) is 0. The maximum absolute atomic E-state index is 13.1. The summed E-state index contributed by atoms with van der Waals surface area (Å²) in [7, 11) is -3.80. The molecule has 0 spiro atoms. The zero-order valence-corrected chi connectivity index (χ0v) is 12.0. The van der Waals surface area contributed by atoms with Crippen molar-refractivity contribution >= 4 is 21.4 Å². The third kappa shape index (κ3) is 2.91. The van der Waals surface area contributed by atoms with E-state index in [9.17, 15) is 12.8 Å². The van der Waals surface area contributed by atoms with Gasteiger partial charge in [-0.2, -0.15) is 0 Å². The molecule has 0 fully saturated rings. The van der Waals surface area contributed by atoms with Crippen molar-refractivity contribution in [2.45, 2.75) is 18.7 Å². The van der Waals surface area contributed by atoms with Crippen molar-refractivity contribution in [3.8, 4) is 0 Å². The molecule has 2 aromatic rings. The van der Waals surface area contributed by atoms with E-state index in [1.54, 1.807) is 19.9 Å². The molecule has 0 radical (unpaired) electrons. The molecule has 0 bridgehead atoms. The van der Waals surface area contributed by atoms with Crippen molar-refractivity contribution in [3.05, 3.63) is 53.3 Å². The van der Waals surface area contributed by atoms with Gasteiger partial charge in [-0.05, 0) is 55.3 Å². The fraction of sp³-hybridized carbons (Fsp3) is 0.143. The lowest BCUT2D eigenvalue weighted by atomic mass is 10.1. The van der Waals surface area contributed by atoms with Gasteiger partial charge in [-0.25, -0.2) is 12.8 Å². The summed E-state index contributed by atoms with van der Waals surface area (Å²) >= 11 is 0. The summed E-state index contributed by atoms with van der Waals surface area (Å²) in [5.41, 5.74) is 7.58. The van der Waals surface area contributed by atoms with E-state index in [1.807, 2.05) is 0 Å². The highest BCUT2D eigenvalue weighted by atomic mass is 32.2. The van der Waals surface area contributed by atoms with E-state index >= 15 is 0 Å². The molecule has 20 heavy (non-hydrogen) atoms. The van der Waals surface area contributed by atoms with Gasteiger partial charge in [0.15, 0.2) is 0 Å². The van der Waals surface area contributed by atoms with Crippen LogP contribution in [-0.2, 0) is 10.0 Å². The van der Waals surface area contributed by atoms with Crippen LogP contribution >= 0.6 is 0 Å². The van der Waals surface area contributed by atoms with Gasteiger partial charge in [0.25, 0.3) is 10.0 Å². The first-order chi connectivity index (χ1) is 9.29. The van der Waals surface area contributed by atoms with Crippen LogP contribution in [0.25, 0.3) is 0 Å². The molecule has 0 aliphatic carbocycles. The first kappa shape index (κ1) is 14.3. The van der Waals surface area contributed by atoms with Crippen LogP contribution in [0.5, 0.6) is 0 Å². The van der Waals surface area contributed by atoms with Gasteiger partial charge in [0.2, 0.25) is 0 Å². The quantitative estimate of drug-likeness (QED) is 0.855. The molecule has 0 aliphatic rings. The second-order valence-electron chi connectivity index (χ2n) is 4.59. The van der Waals surface area contributed by atoms with Crippen LogP contribution in [-0.4, -0.2) is 8.42 Å². The number of nitrogens with one attached hydrogen (secondary N) is 1. The van der Waals surface area contributed by atoms with E-state index in [2.05, 4.69) is 4.72 Å². The summed E-state index contributed by atoms with van der Waals surface area (Å²) in [6.45, 7) is 3.39. The fourth-order valence-corrected chi connectivity index (χ4v) is 3.30. The number of benzene rings is 2. The highest BCUT2D eigenvalue weighted by Gasteiger charge is 2.19. The van der Waals surface area contributed by atoms with Crippen LogP contribution in [0.3, 0.4) is 0 Å². The Morgan fingerprint density at radius 1 is 1.15 bits per heavy atom. The van der Waals surface area contributed by atoms with Gasteiger partial charge in [-0.1, -0.05) is 6.07 Å². The van der Waals surface area contributed by atoms with Gasteiger partial charge in [0.1, 0.15) is 5.82 Å². The zero-order valence-electron chi connectivity index (χ0n) is 11.1. The normalized spacial score (nSPS) is 11.3. The molecule has 0 aliphatic heterocycles. The first-order valence-corrected chi connectivity index (χ1v) is 7.43. The fourth-order valence-electron chi connectivity index (χ4n) is 1.89. The lowest BCUT2D eigenvalue weighted by Gasteiger charge is -2.13. The number of nitrogen functional groups attached to an aromatic ring is 1. The third-order valence-corrected chi connectivity index (χ3v) is 4.42. The average Bonchev–Trinajstić information content (AvgIpc) is 2.33. The lowest BCUT2D eigenvalue weighted by Crippen LogP contribution is -2.15. The summed E-state index contributed by atoms with van der Waals surface area (Å²) in [5.74, 6) is -0.509. The lowest BCUT2D eigenvalue weighted by molar-refractivity contribution is 0.600. The van der Waals surface area contributed by atoms with Crippen LogP contribution in [0.2, 0.25) is 0 Å². The van der Waals surface area contributed by atoms with Crippen molar-refractivity contribution in [1.82, 2.24) is 0 Å². The van der Waals surface area contributed by atoms with Gasteiger partial charge in [0.05, 0.1) is 10.6 Å². The third-order valence-electron chi connectivity index (χ3n) is 2.91. The number of hydrogen-bond acceptors (Lipinski definition) is 3. The van der Waals surface area contributed by atoms with Crippen molar-refractivity contribution < 1.29 is 12.8 Å². The molecule has 4 nitrogen and oxygen atoms in total. The maximum atomic E-state index is 13.1. The number of anilines is 2. The first-order valence-electron chi connectivity index (χ1n) is 5.95. The van der Waals surface area contributed by atoms with Crippen LogP contribution in [0, 0.1) is 19.7 Å². The SMILES string of the molecule is Cc1cc(N)c(C)c(S(=O)(=O)Nc2cccc(F)c2)c1. The Bertz CT molecular complexity index is 758. The smallest absolute Gasteiger partial charge is 0.262 e. The Hall–Kier alpha value is -2.08. The van der Waals surface area contributed by atoms with Gasteiger partial charge in [-0.15, -0.1) is 0 Å². The minimum Gasteiger partial charge on any atom is -0.398 e. The van der Waals surface area contributed by atoms with Crippen LogP contribution in [0.4, 0.5) is 15.8 Å². The van der Waals surface area contributed by atoms with Crippen LogP contribution in [0.1, 0.15) is 11.1 Å². The Morgan fingerprint density at radius 2 is 1.85 bits per heavy atom. The molecule has 0 aromatic heterocycles. The highest BCUT2D eigenvalue weighted by molar-refractivity contribution is 7.92. The number of halogens is 1. The van der Waals surface area contributed by atoms with Crippen molar-refractivity contribution in [2.24, 2.45) is 0 Å². The second-order valence-corrected chi connectivity index (χ2v) is 6.24. The van der Waals surface area contributed by atoms with Crippen molar-refractivity contribution in [2.75, 3.05) is 10.5 Å². The Morgan fingerprint density at radius 3 is 2.50 bits per heavy atom. The minimum absolute atomic E-state index is 0.0965. The van der Waals surface area contributed by atoms with Crippen LogP contribution < -0.4 is 10.5 Å². The Balaban J connectivity index is 2.46. The predicted octanol–water partition coefficient (Wildman–Crippen LogP) is 2.83. The molecule has 6 heteroatoms. The molecule has 0 saturated carbocycles. The minimum atomic E-state index is -3.80. The van der Waals surface area contributed by atoms with Crippen LogP contribution in [0.15, 0.2) is 41.3 Å². The molecule has 0 amide bonds. The van der Waals surface area contributed by atoms with Gasteiger partial charge < -0.3 is 5.73 Å². The maximum Gasteiger partial charge on any atom is 0.262 e. The molecular formula is C14H15FN2O2S. The van der Waals surface area contributed by atoms with E-state index in [0.29, 0.717) is 11.3 Å². The van der Waals surface area contributed by atoms with E-state index in [0.717, 1.165) is 11.6 Å². The summed E-state index contributed by atoms with van der Waals surface area (Å²) in [6, 6.07) is 8.52.